The lowest BCUT2D eigenvalue weighted by atomic mass is 10.1. The molecule has 0 saturated heterocycles. The van der Waals surface area contributed by atoms with E-state index in [1.54, 1.807) is 0 Å². The van der Waals surface area contributed by atoms with Crippen molar-refractivity contribution in [3.05, 3.63) is 35.9 Å². The summed E-state index contributed by atoms with van der Waals surface area (Å²) in [5.41, 5.74) is 1.35. The molecule has 0 aromatic heterocycles. The van der Waals surface area contributed by atoms with Gasteiger partial charge in [0.05, 0.1) is 6.04 Å². The maximum Gasteiger partial charge on any atom is 0.149 e. The van der Waals surface area contributed by atoms with Crippen LogP contribution in [0.1, 0.15) is 24.8 Å². The van der Waals surface area contributed by atoms with Gasteiger partial charge < -0.3 is 0 Å². The minimum Gasteiger partial charge on any atom is -0.298 e. The van der Waals surface area contributed by atoms with E-state index in [9.17, 15) is 4.79 Å². The van der Waals surface area contributed by atoms with Crippen LogP contribution in [0, 0.1) is 0 Å². The minimum atomic E-state index is 0.184. The summed E-state index contributed by atoms with van der Waals surface area (Å²) in [6.07, 6.45) is 3.92. The maximum absolute atomic E-state index is 11.6. The molecule has 1 aliphatic rings. The minimum absolute atomic E-state index is 0.184. The van der Waals surface area contributed by atoms with Crippen LogP contribution in [0.2, 0.25) is 0 Å². The summed E-state index contributed by atoms with van der Waals surface area (Å²) in [7, 11) is 2.07. The number of carbonyl (C=O) groups excluding carboxylic acids is 1. The molecule has 0 bridgehead atoms. The molecule has 0 heterocycles. The van der Waals surface area contributed by atoms with Crippen molar-refractivity contribution in [1.29, 1.82) is 0 Å². The lowest BCUT2D eigenvalue weighted by molar-refractivity contribution is -0.121. The topological polar surface area (TPSA) is 20.3 Å². The second kappa shape index (κ2) is 5.26. The first kappa shape index (κ1) is 11.3. The van der Waals surface area contributed by atoms with E-state index in [1.807, 2.05) is 6.07 Å². The Labute approximate surface area is 97.3 Å². The summed E-state index contributed by atoms with van der Waals surface area (Å²) >= 11 is 0. The Morgan fingerprint density at radius 2 is 2.06 bits per heavy atom. The van der Waals surface area contributed by atoms with Gasteiger partial charge in [0.15, 0.2) is 0 Å². The van der Waals surface area contributed by atoms with Gasteiger partial charge in [-0.15, -0.1) is 0 Å². The Morgan fingerprint density at radius 3 is 2.69 bits per heavy atom. The van der Waals surface area contributed by atoms with Crippen molar-refractivity contribution in [2.24, 2.45) is 0 Å². The molecule has 1 aliphatic carbocycles. The maximum atomic E-state index is 11.6. The Bertz CT molecular complexity index is 347. The third-order valence-electron chi connectivity index (χ3n) is 3.40. The van der Waals surface area contributed by atoms with E-state index < -0.39 is 0 Å². The molecule has 0 N–H and O–H groups in total. The zero-order valence-electron chi connectivity index (χ0n) is 9.86. The van der Waals surface area contributed by atoms with Gasteiger partial charge in [0.2, 0.25) is 0 Å². The molecule has 0 amide bonds. The molecule has 2 rings (SSSR count). The molecule has 16 heavy (non-hydrogen) atoms. The lowest BCUT2D eigenvalue weighted by Crippen LogP contribution is -2.36. The fourth-order valence-corrected chi connectivity index (χ4v) is 2.37. The molecule has 0 spiro atoms. The van der Waals surface area contributed by atoms with Crippen molar-refractivity contribution in [2.75, 3.05) is 13.6 Å². The fourth-order valence-electron chi connectivity index (χ4n) is 2.37. The van der Waals surface area contributed by atoms with E-state index >= 15 is 0 Å². The Balaban J connectivity index is 1.84. The lowest BCUT2D eigenvalue weighted by Gasteiger charge is -2.22. The number of benzene rings is 1. The van der Waals surface area contributed by atoms with Gasteiger partial charge in [-0.25, -0.2) is 0 Å². The van der Waals surface area contributed by atoms with Crippen molar-refractivity contribution in [3.63, 3.8) is 0 Å². The second-order valence-corrected chi connectivity index (χ2v) is 4.59. The summed E-state index contributed by atoms with van der Waals surface area (Å²) in [6, 6.07) is 10.6. The molecule has 2 heteroatoms. The summed E-state index contributed by atoms with van der Waals surface area (Å²) in [4.78, 5) is 13.8. The van der Waals surface area contributed by atoms with Crippen LogP contribution in [0.15, 0.2) is 30.3 Å². The normalized spacial score (nSPS) is 20.6. The highest BCUT2D eigenvalue weighted by atomic mass is 16.1. The van der Waals surface area contributed by atoms with Gasteiger partial charge in [0.1, 0.15) is 5.78 Å². The van der Waals surface area contributed by atoms with Crippen molar-refractivity contribution in [1.82, 2.24) is 4.90 Å². The van der Waals surface area contributed by atoms with Gasteiger partial charge in [0, 0.05) is 13.0 Å². The quantitative estimate of drug-likeness (QED) is 0.771. The summed E-state index contributed by atoms with van der Waals surface area (Å²) in [5.74, 6) is 0.426. The first-order valence-electron chi connectivity index (χ1n) is 6.04. The van der Waals surface area contributed by atoms with Gasteiger partial charge in [-0.05, 0) is 31.9 Å². The highest BCUT2D eigenvalue weighted by Gasteiger charge is 2.27. The van der Waals surface area contributed by atoms with Crippen LogP contribution in [0.3, 0.4) is 0 Å². The van der Waals surface area contributed by atoms with Crippen molar-refractivity contribution < 1.29 is 4.79 Å². The van der Waals surface area contributed by atoms with Crippen LogP contribution in [0.4, 0.5) is 0 Å². The van der Waals surface area contributed by atoms with Gasteiger partial charge in [0.25, 0.3) is 0 Å². The Morgan fingerprint density at radius 1 is 1.31 bits per heavy atom. The van der Waals surface area contributed by atoms with Gasteiger partial charge in [-0.3, -0.25) is 9.69 Å². The number of ketones is 1. The smallest absolute Gasteiger partial charge is 0.149 e. The molecule has 0 radical (unpaired) electrons. The monoisotopic (exact) mass is 217 g/mol. The van der Waals surface area contributed by atoms with Crippen LogP contribution in [0.5, 0.6) is 0 Å². The van der Waals surface area contributed by atoms with Crippen LogP contribution in [0.25, 0.3) is 0 Å². The van der Waals surface area contributed by atoms with E-state index in [2.05, 4.69) is 36.2 Å². The number of carbonyl (C=O) groups is 1. The number of nitrogens with zero attached hydrogens (tertiary/aromatic N) is 1. The average Bonchev–Trinajstić information content (AvgIpc) is 2.74. The van der Waals surface area contributed by atoms with Crippen LogP contribution in [-0.2, 0) is 11.2 Å². The molecule has 1 aromatic carbocycles. The second-order valence-electron chi connectivity index (χ2n) is 4.59. The van der Waals surface area contributed by atoms with E-state index in [-0.39, 0.29) is 6.04 Å². The highest BCUT2D eigenvalue weighted by molar-refractivity contribution is 5.85. The number of Topliss-reactive ketones (excluding diaryl/α,β-unsaturated/α-hetero) is 1. The molecule has 1 fully saturated rings. The summed E-state index contributed by atoms with van der Waals surface area (Å²) < 4.78 is 0. The molecule has 1 unspecified atom stereocenters. The van der Waals surface area contributed by atoms with E-state index in [4.69, 9.17) is 0 Å². The van der Waals surface area contributed by atoms with E-state index in [0.717, 1.165) is 32.2 Å². The van der Waals surface area contributed by atoms with Gasteiger partial charge in [-0.2, -0.15) is 0 Å². The number of rotatable bonds is 4. The molecule has 86 valence electrons. The standard InChI is InChI=1S/C14H19NO/c1-15(13-8-5-9-14(13)16)11-10-12-6-3-2-4-7-12/h2-4,6-7,13H,5,8-11H2,1H3. The van der Waals surface area contributed by atoms with Crippen LogP contribution >= 0.6 is 0 Å². The number of hydrogen-bond donors (Lipinski definition) is 0. The Kier molecular flexibility index (Phi) is 3.73. The molecular formula is C14H19NO. The summed E-state index contributed by atoms with van der Waals surface area (Å²) in [6.45, 7) is 0.973. The zero-order valence-corrected chi connectivity index (χ0v) is 9.86. The first-order chi connectivity index (χ1) is 7.77. The molecular weight excluding hydrogens is 198 g/mol. The molecule has 1 aromatic rings. The van der Waals surface area contributed by atoms with Crippen molar-refractivity contribution >= 4 is 5.78 Å². The predicted molar refractivity (Wildman–Crippen MR) is 65.4 cm³/mol. The van der Waals surface area contributed by atoms with Gasteiger partial charge in [-0.1, -0.05) is 30.3 Å². The first-order valence-corrected chi connectivity index (χ1v) is 6.04. The predicted octanol–water partition coefficient (Wildman–Crippen LogP) is 2.28. The SMILES string of the molecule is CN(CCc1ccccc1)C1CCCC1=O. The number of hydrogen-bond acceptors (Lipinski definition) is 2. The number of likely N-dealkylation sites (N-methyl/N-ethyl adjacent to an activating group) is 1. The molecule has 1 saturated carbocycles. The highest BCUT2D eigenvalue weighted by Crippen LogP contribution is 2.19. The van der Waals surface area contributed by atoms with Gasteiger partial charge >= 0.3 is 0 Å². The molecule has 0 aliphatic heterocycles. The van der Waals surface area contributed by atoms with Crippen LogP contribution < -0.4 is 0 Å². The third kappa shape index (κ3) is 2.70. The third-order valence-corrected chi connectivity index (χ3v) is 3.40. The van der Waals surface area contributed by atoms with Crippen LogP contribution in [-0.4, -0.2) is 30.3 Å². The molecule has 2 nitrogen and oxygen atoms in total. The fraction of sp³-hybridized carbons (Fsp3) is 0.500. The zero-order chi connectivity index (χ0) is 11.4. The molecule has 1 atom stereocenters. The Hall–Kier alpha value is -1.15. The van der Waals surface area contributed by atoms with E-state index in [0.29, 0.717) is 5.78 Å². The van der Waals surface area contributed by atoms with E-state index in [1.165, 1.54) is 5.56 Å². The largest absolute Gasteiger partial charge is 0.298 e. The van der Waals surface area contributed by atoms with Crippen molar-refractivity contribution in [2.45, 2.75) is 31.7 Å². The van der Waals surface area contributed by atoms with Crippen molar-refractivity contribution in [3.8, 4) is 0 Å². The average molecular weight is 217 g/mol. The summed E-state index contributed by atoms with van der Waals surface area (Å²) in [5, 5.41) is 0.